The summed E-state index contributed by atoms with van der Waals surface area (Å²) in [5, 5.41) is 4.11. The van der Waals surface area contributed by atoms with E-state index in [0.717, 1.165) is 50.4 Å². The molecule has 136 valence electrons. The molecule has 0 spiro atoms. The number of aromatic nitrogens is 3. The summed E-state index contributed by atoms with van der Waals surface area (Å²) in [6, 6.07) is 2.02. The average Bonchev–Trinajstić information content (AvgIpc) is 2.84. The van der Waals surface area contributed by atoms with Crippen LogP contribution in [0, 0.1) is 5.92 Å². The molecule has 3 heterocycles. The van der Waals surface area contributed by atoms with Gasteiger partial charge in [-0.25, -0.2) is 4.98 Å². The first-order valence-corrected chi connectivity index (χ1v) is 9.44. The fourth-order valence-electron chi connectivity index (χ4n) is 3.80. The monoisotopic (exact) mass is 343 g/mol. The number of nitrogens with one attached hydrogen (secondary N) is 1. The third kappa shape index (κ3) is 3.75. The minimum absolute atomic E-state index is 0.0256. The van der Waals surface area contributed by atoms with Gasteiger partial charge in [0.2, 0.25) is 0 Å². The first kappa shape index (κ1) is 18.0. The Hall–Kier alpha value is -1.79. The number of pyridine rings is 1. The van der Waals surface area contributed by atoms with E-state index in [2.05, 4.69) is 29.0 Å². The van der Waals surface area contributed by atoms with Gasteiger partial charge in [0.05, 0.1) is 16.9 Å². The molecule has 2 aromatic heterocycles. The number of fused-ring (bicyclic) bond motifs is 1. The standard InChI is InChI=1S/C19H29N5O/c1-4-6-17(23-10-9-21-11-14(3)13-23)18-22-16-7-8-20-12-15(16)19(25)24(18)5-2/h7-8,12,14,17,21H,4-6,9-11,13H2,1-3H3/t14-,17-/m0/s1. The van der Waals surface area contributed by atoms with Crippen LogP contribution in [0.3, 0.4) is 0 Å². The number of rotatable bonds is 5. The summed E-state index contributed by atoms with van der Waals surface area (Å²) in [4.78, 5) is 24.5. The molecule has 0 amide bonds. The fourth-order valence-corrected chi connectivity index (χ4v) is 3.80. The number of hydrogen-bond acceptors (Lipinski definition) is 5. The van der Waals surface area contributed by atoms with Crippen molar-refractivity contribution < 1.29 is 0 Å². The summed E-state index contributed by atoms with van der Waals surface area (Å²) in [6.07, 6.45) is 5.42. The van der Waals surface area contributed by atoms with E-state index in [1.165, 1.54) is 0 Å². The molecule has 0 radical (unpaired) electrons. The zero-order valence-electron chi connectivity index (χ0n) is 15.5. The molecule has 0 bridgehead atoms. The molecule has 1 N–H and O–H groups in total. The van der Waals surface area contributed by atoms with E-state index in [4.69, 9.17) is 4.98 Å². The summed E-state index contributed by atoms with van der Waals surface area (Å²) in [5.74, 6) is 1.50. The predicted molar refractivity (Wildman–Crippen MR) is 101 cm³/mol. The van der Waals surface area contributed by atoms with Gasteiger partial charge in [0.1, 0.15) is 5.82 Å². The Bertz CT molecular complexity index is 772. The first-order valence-electron chi connectivity index (χ1n) is 9.44. The molecule has 1 saturated heterocycles. The van der Waals surface area contributed by atoms with E-state index >= 15 is 0 Å². The zero-order valence-corrected chi connectivity index (χ0v) is 15.5. The van der Waals surface area contributed by atoms with Crippen molar-refractivity contribution >= 4 is 10.9 Å². The zero-order chi connectivity index (χ0) is 17.8. The van der Waals surface area contributed by atoms with Crippen LogP contribution in [0.4, 0.5) is 0 Å². The molecule has 1 aliphatic rings. The van der Waals surface area contributed by atoms with Crippen LogP contribution in [-0.2, 0) is 6.54 Å². The molecule has 2 aromatic rings. The molecular weight excluding hydrogens is 314 g/mol. The number of hydrogen-bond donors (Lipinski definition) is 1. The second-order valence-electron chi connectivity index (χ2n) is 7.02. The molecule has 0 aliphatic carbocycles. The quantitative estimate of drug-likeness (QED) is 0.902. The lowest BCUT2D eigenvalue weighted by Gasteiger charge is -2.32. The van der Waals surface area contributed by atoms with Crippen LogP contribution in [0.1, 0.15) is 45.5 Å². The lowest BCUT2D eigenvalue weighted by molar-refractivity contribution is 0.169. The molecule has 0 unspecified atom stereocenters. The highest BCUT2D eigenvalue weighted by molar-refractivity contribution is 5.76. The van der Waals surface area contributed by atoms with Crippen LogP contribution in [-0.4, -0.2) is 45.6 Å². The Kier molecular flexibility index (Phi) is 5.81. The smallest absolute Gasteiger partial charge is 0.262 e. The van der Waals surface area contributed by atoms with Crippen molar-refractivity contribution in [3.8, 4) is 0 Å². The van der Waals surface area contributed by atoms with Crippen LogP contribution in [0.25, 0.3) is 10.9 Å². The normalized spacial score (nSPS) is 20.5. The van der Waals surface area contributed by atoms with E-state index in [1.54, 1.807) is 12.4 Å². The largest absolute Gasteiger partial charge is 0.315 e. The SMILES string of the molecule is CCC[C@@H](c1nc2ccncc2c(=O)n1CC)N1CCNC[C@H](C)C1. The topological polar surface area (TPSA) is 63.1 Å². The number of nitrogens with zero attached hydrogens (tertiary/aromatic N) is 4. The predicted octanol–water partition coefficient (Wildman–Crippen LogP) is 2.19. The Morgan fingerprint density at radius 3 is 3.00 bits per heavy atom. The van der Waals surface area contributed by atoms with Crippen molar-refractivity contribution in [1.29, 1.82) is 0 Å². The molecular formula is C19H29N5O. The van der Waals surface area contributed by atoms with E-state index in [-0.39, 0.29) is 11.6 Å². The lowest BCUT2D eigenvalue weighted by Crippen LogP contribution is -2.38. The summed E-state index contributed by atoms with van der Waals surface area (Å²) in [5.41, 5.74) is 0.777. The third-order valence-corrected chi connectivity index (χ3v) is 5.02. The Morgan fingerprint density at radius 2 is 2.24 bits per heavy atom. The van der Waals surface area contributed by atoms with Crippen molar-refractivity contribution in [3.63, 3.8) is 0 Å². The lowest BCUT2D eigenvalue weighted by atomic mass is 10.1. The molecule has 25 heavy (non-hydrogen) atoms. The van der Waals surface area contributed by atoms with Gasteiger partial charge in [-0.15, -0.1) is 0 Å². The van der Waals surface area contributed by atoms with E-state index in [9.17, 15) is 4.79 Å². The molecule has 6 nitrogen and oxygen atoms in total. The molecule has 0 saturated carbocycles. The maximum Gasteiger partial charge on any atom is 0.262 e. The van der Waals surface area contributed by atoms with Crippen LogP contribution in [0.5, 0.6) is 0 Å². The van der Waals surface area contributed by atoms with Gasteiger partial charge in [-0.1, -0.05) is 20.3 Å². The first-order chi connectivity index (χ1) is 12.2. The van der Waals surface area contributed by atoms with Gasteiger partial charge in [0, 0.05) is 38.6 Å². The van der Waals surface area contributed by atoms with Crippen molar-refractivity contribution in [2.24, 2.45) is 5.92 Å². The van der Waals surface area contributed by atoms with Gasteiger partial charge in [-0.3, -0.25) is 19.2 Å². The molecule has 3 rings (SSSR count). The molecule has 2 atom stereocenters. The van der Waals surface area contributed by atoms with Crippen LogP contribution in [0.2, 0.25) is 0 Å². The summed E-state index contributed by atoms with van der Waals surface area (Å²) >= 11 is 0. The van der Waals surface area contributed by atoms with Crippen LogP contribution in [0.15, 0.2) is 23.3 Å². The van der Waals surface area contributed by atoms with Gasteiger partial charge in [-0.05, 0) is 31.9 Å². The van der Waals surface area contributed by atoms with Gasteiger partial charge in [-0.2, -0.15) is 0 Å². The summed E-state index contributed by atoms with van der Waals surface area (Å²) in [7, 11) is 0. The Labute approximate surface area is 149 Å². The van der Waals surface area contributed by atoms with Gasteiger partial charge in [0.25, 0.3) is 5.56 Å². The fraction of sp³-hybridized carbons (Fsp3) is 0.632. The second-order valence-corrected chi connectivity index (χ2v) is 7.02. The Balaban J connectivity index is 2.10. The maximum atomic E-state index is 13.0. The van der Waals surface area contributed by atoms with Crippen LogP contribution >= 0.6 is 0 Å². The third-order valence-electron chi connectivity index (χ3n) is 5.02. The average molecular weight is 343 g/mol. The minimum atomic E-state index is 0.0256. The molecule has 1 fully saturated rings. The maximum absolute atomic E-state index is 13.0. The van der Waals surface area contributed by atoms with Crippen molar-refractivity contribution in [1.82, 2.24) is 24.8 Å². The molecule has 1 aliphatic heterocycles. The van der Waals surface area contributed by atoms with Crippen molar-refractivity contribution in [3.05, 3.63) is 34.6 Å². The van der Waals surface area contributed by atoms with E-state index in [1.807, 2.05) is 17.6 Å². The van der Waals surface area contributed by atoms with Crippen molar-refractivity contribution in [2.75, 3.05) is 26.2 Å². The summed E-state index contributed by atoms with van der Waals surface area (Å²) in [6.45, 7) is 11.2. The van der Waals surface area contributed by atoms with Gasteiger partial charge < -0.3 is 5.32 Å². The highest BCUT2D eigenvalue weighted by Gasteiger charge is 2.27. The van der Waals surface area contributed by atoms with E-state index < -0.39 is 0 Å². The van der Waals surface area contributed by atoms with Gasteiger partial charge >= 0.3 is 0 Å². The van der Waals surface area contributed by atoms with Crippen LogP contribution < -0.4 is 10.9 Å². The highest BCUT2D eigenvalue weighted by Crippen LogP contribution is 2.26. The molecule has 6 heteroatoms. The Morgan fingerprint density at radius 1 is 1.40 bits per heavy atom. The van der Waals surface area contributed by atoms with Gasteiger partial charge in [0.15, 0.2) is 0 Å². The van der Waals surface area contributed by atoms with Crippen molar-refractivity contribution in [2.45, 2.75) is 46.2 Å². The van der Waals surface area contributed by atoms with E-state index in [0.29, 0.717) is 17.8 Å². The highest BCUT2D eigenvalue weighted by atomic mass is 16.1. The molecule has 0 aromatic carbocycles. The summed E-state index contributed by atoms with van der Waals surface area (Å²) < 4.78 is 1.84. The second kappa shape index (κ2) is 8.06. The minimum Gasteiger partial charge on any atom is -0.315 e.